The van der Waals surface area contributed by atoms with Gasteiger partial charge in [-0.3, -0.25) is 4.79 Å². The Kier molecular flexibility index (Phi) is 5.00. The third-order valence-electron chi connectivity index (χ3n) is 4.02. The highest BCUT2D eigenvalue weighted by Crippen LogP contribution is 2.23. The van der Waals surface area contributed by atoms with E-state index in [1.54, 1.807) is 24.3 Å². The maximum absolute atomic E-state index is 12.6. The van der Waals surface area contributed by atoms with Crippen molar-refractivity contribution in [1.29, 1.82) is 0 Å². The topological polar surface area (TPSA) is 88.6 Å². The first-order valence-corrected chi connectivity index (χ1v) is 9.37. The van der Waals surface area contributed by atoms with Crippen molar-refractivity contribution in [2.45, 2.75) is 17.7 Å². The van der Waals surface area contributed by atoms with E-state index in [0.29, 0.717) is 18.8 Å². The molecule has 1 N–H and O–H groups in total. The zero-order chi connectivity index (χ0) is 17.9. The molecule has 0 saturated carbocycles. The predicted molar refractivity (Wildman–Crippen MR) is 93.2 cm³/mol. The van der Waals surface area contributed by atoms with E-state index in [-0.39, 0.29) is 16.3 Å². The van der Waals surface area contributed by atoms with Gasteiger partial charge < -0.3 is 10.1 Å². The van der Waals surface area contributed by atoms with E-state index in [2.05, 4.69) is 10.3 Å². The molecule has 1 aromatic heterocycles. The number of rotatable bonds is 5. The summed E-state index contributed by atoms with van der Waals surface area (Å²) in [7, 11) is -2.09. The molecule has 1 fully saturated rings. The lowest BCUT2D eigenvalue weighted by atomic mass is 10.2. The summed E-state index contributed by atoms with van der Waals surface area (Å²) in [4.78, 5) is 16.7. The number of hydrogen-bond donors (Lipinski definition) is 1. The molecule has 1 amide bonds. The van der Waals surface area contributed by atoms with Crippen LogP contribution in [0.25, 0.3) is 0 Å². The van der Waals surface area contributed by atoms with Crippen LogP contribution < -0.4 is 10.1 Å². The van der Waals surface area contributed by atoms with E-state index in [9.17, 15) is 13.2 Å². The standard InChI is InChI=1S/C17H19N3O4S/c1-24-15-8-5-9-18-16(15)19-17(21)13-6-4-7-14(12-13)25(22,23)20-10-2-3-11-20/h4-9,12H,2-3,10-11H2,1H3,(H,18,19,21). The van der Waals surface area contributed by atoms with Crippen molar-refractivity contribution in [2.24, 2.45) is 0 Å². The Morgan fingerprint density at radius 2 is 1.96 bits per heavy atom. The number of methoxy groups -OCH3 is 1. The summed E-state index contributed by atoms with van der Waals surface area (Å²) >= 11 is 0. The molecule has 132 valence electrons. The molecule has 1 aromatic carbocycles. The van der Waals surface area contributed by atoms with Crippen molar-refractivity contribution in [3.63, 3.8) is 0 Å². The Morgan fingerprint density at radius 1 is 1.20 bits per heavy atom. The number of pyridine rings is 1. The van der Waals surface area contributed by atoms with Crippen molar-refractivity contribution in [1.82, 2.24) is 9.29 Å². The maximum atomic E-state index is 12.6. The second-order valence-corrected chi connectivity index (χ2v) is 7.59. The molecule has 0 radical (unpaired) electrons. The first kappa shape index (κ1) is 17.4. The molecule has 0 aliphatic carbocycles. The highest BCUT2D eigenvalue weighted by Gasteiger charge is 2.27. The zero-order valence-electron chi connectivity index (χ0n) is 13.8. The Hall–Kier alpha value is -2.45. The number of hydrogen-bond acceptors (Lipinski definition) is 5. The fourth-order valence-corrected chi connectivity index (χ4v) is 4.27. The van der Waals surface area contributed by atoms with Crippen LogP contribution in [0, 0.1) is 0 Å². The second-order valence-electron chi connectivity index (χ2n) is 5.65. The summed E-state index contributed by atoms with van der Waals surface area (Å²) in [6.45, 7) is 1.04. The van der Waals surface area contributed by atoms with E-state index >= 15 is 0 Å². The fourth-order valence-electron chi connectivity index (χ4n) is 2.70. The summed E-state index contributed by atoms with van der Waals surface area (Å²) in [5.41, 5.74) is 0.243. The number of aromatic nitrogens is 1. The largest absolute Gasteiger partial charge is 0.493 e. The third kappa shape index (κ3) is 3.64. The summed E-state index contributed by atoms with van der Waals surface area (Å²) in [6.07, 6.45) is 3.25. The van der Waals surface area contributed by atoms with E-state index in [0.717, 1.165) is 12.8 Å². The van der Waals surface area contributed by atoms with Gasteiger partial charge >= 0.3 is 0 Å². The van der Waals surface area contributed by atoms with Crippen LogP contribution in [0.1, 0.15) is 23.2 Å². The number of carbonyl (C=O) groups excluding carboxylic acids is 1. The Labute approximate surface area is 146 Å². The smallest absolute Gasteiger partial charge is 0.256 e. The molecule has 25 heavy (non-hydrogen) atoms. The quantitative estimate of drug-likeness (QED) is 0.881. The molecule has 8 heteroatoms. The van der Waals surface area contributed by atoms with Crippen molar-refractivity contribution < 1.29 is 17.9 Å². The molecule has 0 spiro atoms. The molecular formula is C17H19N3O4S. The average Bonchev–Trinajstić information content (AvgIpc) is 3.18. The Balaban J connectivity index is 1.85. The molecule has 0 atom stereocenters. The van der Waals surface area contributed by atoms with Crippen LogP contribution in [0.15, 0.2) is 47.5 Å². The summed E-state index contributed by atoms with van der Waals surface area (Å²) < 4.78 is 31.9. The fraction of sp³-hybridized carbons (Fsp3) is 0.294. The van der Waals surface area contributed by atoms with Gasteiger partial charge in [0, 0.05) is 24.8 Å². The van der Waals surface area contributed by atoms with E-state index in [1.807, 2.05) is 0 Å². The van der Waals surface area contributed by atoms with E-state index < -0.39 is 15.9 Å². The molecule has 7 nitrogen and oxygen atoms in total. The highest BCUT2D eigenvalue weighted by atomic mass is 32.2. The molecule has 2 aromatic rings. The van der Waals surface area contributed by atoms with Gasteiger partial charge in [0.25, 0.3) is 5.91 Å². The Bertz CT molecular complexity index is 877. The van der Waals surface area contributed by atoms with Gasteiger partial charge in [-0.1, -0.05) is 6.07 Å². The van der Waals surface area contributed by atoms with Crippen LogP contribution in [-0.2, 0) is 10.0 Å². The molecular weight excluding hydrogens is 342 g/mol. The summed E-state index contributed by atoms with van der Waals surface area (Å²) in [5, 5.41) is 2.64. The predicted octanol–water partition coefficient (Wildman–Crippen LogP) is 2.13. The first-order valence-electron chi connectivity index (χ1n) is 7.93. The van der Waals surface area contributed by atoms with Crippen molar-refractivity contribution in [3.05, 3.63) is 48.2 Å². The number of amides is 1. The number of nitrogens with zero attached hydrogens (tertiary/aromatic N) is 2. The highest BCUT2D eigenvalue weighted by molar-refractivity contribution is 7.89. The van der Waals surface area contributed by atoms with Crippen LogP contribution in [0.4, 0.5) is 5.82 Å². The molecule has 0 unspecified atom stereocenters. The molecule has 3 rings (SSSR count). The maximum Gasteiger partial charge on any atom is 0.256 e. The van der Waals surface area contributed by atoms with E-state index in [4.69, 9.17) is 4.74 Å². The lowest BCUT2D eigenvalue weighted by molar-refractivity contribution is 0.102. The van der Waals surface area contributed by atoms with Crippen molar-refractivity contribution in [3.8, 4) is 5.75 Å². The van der Waals surface area contributed by atoms with Gasteiger partial charge in [0.05, 0.1) is 12.0 Å². The monoisotopic (exact) mass is 361 g/mol. The number of ether oxygens (including phenoxy) is 1. The molecule has 1 saturated heterocycles. The van der Waals surface area contributed by atoms with Crippen LogP contribution >= 0.6 is 0 Å². The lowest BCUT2D eigenvalue weighted by Crippen LogP contribution is -2.28. The minimum absolute atomic E-state index is 0.120. The number of sulfonamides is 1. The number of benzene rings is 1. The molecule has 1 aliphatic rings. The van der Waals surface area contributed by atoms with Crippen molar-refractivity contribution in [2.75, 3.05) is 25.5 Å². The normalized spacial score (nSPS) is 15.1. The first-order chi connectivity index (χ1) is 12.0. The van der Waals surface area contributed by atoms with Crippen molar-refractivity contribution >= 4 is 21.7 Å². The zero-order valence-corrected chi connectivity index (χ0v) is 14.6. The minimum Gasteiger partial charge on any atom is -0.493 e. The number of carbonyl (C=O) groups is 1. The van der Waals surface area contributed by atoms with Gasteiger partial charge in [-0.15, -0.1) is 0 Å². The van der Waals surface area contributed by atoms with Crippen LogP contribution in [0.5, 0.6) is 5.75 Å². The van der Waals surface area contributed by atoms with Gasteiger partial charge in [-0.2, -0.15) is 4.31 Å². The SMILES string of the molecule is COc1cccnc1NC(=O)c1cccc(S(=O)(=O)N2CCCC2)c1. The van der Waals surface area contributed by atoms with Gasteiger partial charge in [-0.25, -0.2) is 13.4 Å². The second kappa shape index (κ2) is 7.20. The molecule has 1 aliphatic heterocycles. The van der Waals surface area contributed by atoms with Gasteiger partial charge in [0.15, 0.2) is 11.6 Å². The van der Waals surface area contributed by atoms with Gasteiger partial charge in [-0.05, 0) is 43.2 Å². The summed E-state index contributed by atoms with van der Waals surface area (Å²) in [6, 6.07) is 9.39. The number of anilines is 1. The van der Waals surface area contributed by atoms with Gasteiger partial charge in [0.2, 0.25) is 10.0 Å². The minimum atomic E-state index is -3.57. The van der Waals surface area contributed by atoms with Crippen LogP contribution in [0.2, 0.25) is 0 Å². The van der Waals surface area contributed by atoms with Crippen LogP contribution in [-0.4, -0.2) is 43.8 Å². The average molecular weight is 361 g/mol. The van der Waals surface area contributed by atoms with Gasteiger partial charge in [0.1, 0.15) is 0 Å². The Morgan fingerprint density at radius 3 is 2.68 bits per heavy atom. The molecule has 0 bridgehead atoms. The third-order valence-corrected chi connectivity index (χ3v) is 5.92. The van der Waals surface area contributed by atoms with Crippen LogP contribution in [0.3, 0.4) is 0 Å². The summed E-state index contributed by atoms with van der Waals surface area (Å²) in [5.74, 6) is 0.259. The lowest BCUT2D eigenvalue weighted by Gasteiger charge is -2.16. The van der Waals surface area contributed by atoms with E-state index in [1.165, 1.54) is 29.7 Å². The molecule has 2 heterocycles. The number of nitrogens with one attached hydrogen (secondary N) is 1.